The molecule has 1 aromatic rings. The highest BCUT2D eigenvalue weighted by molar-refractivity contribution is 5.91. The lowest BCUT2D eigenvalue weighted by atomic mass is 9.89. The van der Waals surface area contributed by atoms with Crippen molar-refractivity contribution >= 4 is 5.97 Å². The number of rotatable bonds is 2. The van der Waals surface area contributed by atoms with E-state index in [0.717, 1.165) is 31.5 Å². The first kappa shape index (κ1) is 13.0. The number of ether oxygens (including phenoxy) is 1. The van der Waals surface area contributed by atoms with E-state index in [9.17, 15) is 9.18 Å². The Morgan fingerprint density at radius 1 is 1.50 bits per heavy atom. The average Bonchev–Trinajstić information content (AvgIpc) is 2.41. The zero-order chi connectivity index (χ0) is 13.1. The van der Waals surface area contributed by atoms with Gasteiger partial charge in [0.1, 0.15) is 5.82 Å². The summed E-state index contributed by atoms with van der Waals surface area (Å²) in [5.74, 6) is -0.534. The molecule has 0 amide bonds. The normalized spacial score (nSPS) is 19.6. The van der Waals surface area contributed by atoms with Crippen LogP contribution in [0.1, 0.15) is 40.2 Å². The van der Waals surface area contributed by atoms with Gasteiger partial charge in [-0.15, -0.1) is 0 Å². The number of methoxy groups -OCH3 is 1. The van der Waals surface area contributed by atoms with E-state index in [1.54, 1.807) is 19.1 Å². The number of carbonyl (C=O) groups is 1. The summed E-state index contributed by atoms with van der Waals surface area (Å²) in [6.07, 6.45) is 2.10. The minimum absolute atomic E-state index is 0.275. The van der Waals surface area contributed by atoms with E-state index in [1.165, 1.54) is 7.11 Å². The first-order chi connectivity index (χ1) is 8.63. The predicted octanol–water partition coefficient (Wildman–Crippen LogP) is 2.39. The van der Waals surface area contributed by atoms with E-state index in [2.05, 4.69) is 5.32 Å². The third-order valence-electron chi connectivity index (χ3n) is 3.54. The number of halogens is 1. The van der Waals surface area contributed by atoms with Crippen LogP contribution >= 0.6 is 0 Å². The second-order valence-electron chi connectivity index (χ2n) is 4.71. The van der Waals surface area contributed by atoms with Gasteiger partial charge in [0.25, 0.3) is 0 Å². The molecule has 0 radical (unpaired) electrons. The number of hydrogen-bond acceptors (Lipinski definition) is 3. The molecule has 0 aliphatic carbocycles. The Morgan fingerprint density at radius 2 is 2.28 bits per heavy atom. The Bertz CT molecular complexity index is 453. The maximum absolute atomic E-state index is 13.9. The zero-order valence-corrected chi connectivity index (χ0v) is 10.8. The molecule has 1 aromatic carbocycles. The second kappa shape index (κ2) is 5.48. The highest BCUT2D eigenvalue weighted by Gasteiger charge is 2.20. The Morgan fingerprint density at radius 3 is 2.89 bits per heavy atom. The largest absolute Gasteiger partial charge is 0.465 e. The monoisotopic (exact) mass is 251 g/mol. The smallest absolute Gasteiger partial charge is 0.338 e. The topological polar surface area (TPSA) is 38.3 Å². The molecule has 1 heterocycles. The van der Waals surface area contributed by atoms with Gasteiger partial charge in [-0.1, -0.05) is 0 Å². The van der Waals surface area contributed by atoms with Gasteiger partial charge in [0.2, 0.25) is 0 Å². The summed E-state index contributed by atoms with van der Waals surface area (Å²) in [6.45, 7) is 3.45. The number of benzene rings is 1. The molecule has 0 bridgehead atoms. The fraction of sp³-hybridized carbons (Fsp3) is 0.500. The van der Waals surface area contributed by atoms with Crippen LogP contribution in [-0.4, -0.2) is 26.2 Å². The summed E-state index contributed by atoms with van der Waals surface area (Å²) in [4.78, 5) is 11.6. The maximum atomic E-state index is 13.9. The highest BCUT2D eigenvalue weighted by atomic mass is 19.1. The van der Waals surface area contributed by atoms with Crippen molar-refractivity contribution in [3.8, 4) is 0 Å². The minimum Gasteiger partial charge on any atom is -0.465 e. The van der Waals surface area contributed by atoms with E-state index in [0.29, 0.717) is 11.1 Å². The van der Waals surface area contributed by atoms with Gasteiger partial charge in [-0.3, -0.25) is 0 Å². The summed E-state index contributed by atoms with van der Waals surface area (Å²) in [6, 6.07) is 3.31. The molecule has 98 valence electrons. The summed E-state index contributed by atoms with van der Waals surface area (Å²) in [5, 5.41) is 3.29. The summed E-state index contributed by atoms with van der Waals surface area (Å²) >= 11 is 0. The van der Waals surface area contributed by atoms with Crippen LogP contribution in [-0.2, 0) is 4.74 Å². The lowest BCUT2D eigenvalue weighted by Crippen LogP contribution is -2.28. The molecule has 0 aromatic heterocycles. The van der Waals surface area contributed by atoms with Crippen LogP contribution in [0.5, 0.6) is 0 Å². The van der Waals surface area contributed by atoms with Gasteiger partial charge in [-0.25, -0.2) is 9.18 Å². The lowest BCUT2D eigenvalue weighted by Gasteiger charge is -2.24. The van der Waals surface area contributed by atoms with Gasteiger partial charge in [-0.2, -0.15) is 0 Å². The number of nitrogens with one attached hydrogen (secondary N) is 1. The Balaban J connectivity index is 2.36. The van der Waals surface area contributed by atoms with Crippen LogP contribution in [0.3, 0.4) is 0 Å². The molecule has 3 nitrogen and oxygen atoms in total. The molecule has 1 N–H and O–H groups in total. The second-order valence-corrected chi connectivity index (χ2v) is 4.71. The summed E-state index contributed by atoms with van der Waals surface area (Å²) in [7, 11) is 1.31. The molecule has 1 aliphatic heterocycles. The van der Waals surface area contributed by atoms with Crippen molar-refractivity contribution in [2.24, 2.45) is 0 Å². The van der Waals surface area contributed by atoms with E-state index in [-0.39, 0.29) is 11.7 Å². The van der Waals surface area contributed by atoms with Crippen molar-refractivity contribution in [1.82, 2.24) is 5.32 Å². The van der Waals surface area contributed by atoms with Gasteiger partial charge in [0.15, 0.2) is 0 Å². The summed E-state index contributed by atoms with van der Waals surface area (Å²) in [5.41, 5.74) is 1.57. The third-order valence-corrected chi connectivity index (χ3v) is 3.54. The number of hydrogen-bond donors (Lipinski definition) is 1. The van der Waals surface area contributed by atoms with E-state index in [4.69, 9.17) is 4.74 Å². The minimum atomic E-state index is -0.475. The van der Waals surface area contributed by atoms with Crippen molar-refractivity contribution in [1.29, 1.82) is 0 Å². The molecular weight excluding hydrogens is 233 g/mol. The van der Waals surface area contributed by atoms with Gasteiger partial charge in [-0.05, 0) is 55.5 Å². The van der Waals surface area contributed by atoms with Crippen LogP contribution in [0.15, 0.2) is 12.1 Å². The molecule has 18 heavy (non-hydrogen) atoms. The molecule has 0 spiro atoms. The Hall–Kier alpha value is -1.42. The molecule has 1 unspecified atom stereocenters. The molecule has 1 atom stereocenters. The molecule has 1 fully saturated rings. The molecule has 1 saturated heterocycles. The first-order valence-electron chi connectivity index (χ1n) is 6.22. The predicted molar refractivity (Wildman–Crippen MR) is 67.3 cm³/mol. The number of esters is 1. The van der Waals surface area contributed by atoms with Gasteiger partial charge < -0.3 is 10.1 Å². The van der Waals surface area contributed by atoms with E-state index >= 15 is 0 Å². The molecule has 0 saturated carbocycles. The van der Waals surface area contributed by atoms with E-state index in [1.807, 2.05) is 0 Å². The highest BCUT2D eigenvalue weighted by Crippen LogP contribution is 2.27. The fourth-order valence-electron chi connectivity index (χ4n) is 2.39. The fourth-order valence-corrected chi connectivity index (χ4v) is 2.39. The third kappa shape index (κ3) is 2.53. The molecule has 1 aliphatic rings. The van der Waals surface area contributed by atoms with Crippen LogP contribution < -0.4 is 5.32 Å². The van der Waals surface area contributed by atoms with Crippen molar-refractivity contribution < 1.29 is 13.9 Å². The van der Waals surface area contributed by atoms with Gasteiger partial charge in [0, 0.05) is 6.54 Å². The van der Waals surface area contributed by atoms with Crippen LogP contribution in [0, 0.1) is 12.7 Å². The van der Waals surface area contributed by atoms with Crippen molar-refractivity contribution in [3.05, 3.63) is 34.6 Å². The quantitative estimate of drug-likeness (QED) is 0.820. The van der Waals surface area contributed by atoms with E-state index < -0.39 is 5.97 Å². The van der Waals surface area contributed by atoms with Crippen LogP contribution in [0.2, 0.25) is 0 Å². The Labute approximate surface area is 106 Å². The van der Waals surface area contributed by atoms with Gasteiger partial charge >= 0.3 is 5.97 Å². The SMILES string of the molecule is COC(=O)c1cc(C2CCCNC2)cc(F)c1C. The van der Waals surface area contributed by atoms with Gasteiger partial charge in [0.05, 0.1) is 12.7 Å². The van der Waals surface area contributed by atoms with Crippen molar-refractivity contribution in [2.75, 3.05) is 20.2 Å². The average molecular weight is 251 g/mol. The van der Waals surface area contributed by atoms with Crippen LogP contribution in [0.25, 0.3) is 0 Å². The van der Waals surface area contributed by atoms with Crippen LogP contribution in [0.4, 0.5) is 4.39 Å². The summed E-state index contributed by atoms with van der Waals surface area (Å²) < 4.78 is 18.6. The maximum Gasteiger partial charge on any atom is 0.338 e. The first-order valence-corrected chi connectivity index (χ1v) is 6.22. The zero-order valence-electron chi connectivity index (χ0n) is 10.8. The molecule has 4 heteroatoms. The molecule has 2 rings (SSSR count). The van der Waals surface area contributed by atoms with Crippen molar-refractivity contribution in [3.63, 3.8) is 0 Å². The standard InChI is InChI=1S/C14H18FNO2/c1-9-12(14(17)18-2)6-11(7-13(9)15)10-4-3-5-16-8-10/h6-7,10,16H,3-5,8H2,1-2H3. The Kier molecular flexibility index (Phi) is 3.97. The van der Waals surface area contributed by atoms with Crippen molar-refractivity contribution in [2.45, 2.75) is 25.7 Å². The number of piperidine rings is 1. The molecular formula is C14H18FNO2. The number of carbonyl (C=O) groups excluding carboxylic acids is 1. The lowest BCUT2D eigenvalue weighted by molar-refractivity contribution is 0.0599.